The van der Waals surface area contributed by atoms with Crippen molar-refractivity contribution >= 4 is 5.91 Å². The lowest BCUT2D eigenvalue weighted by Crippen LogP contribution is -2.45. The molecule has 0 aliphatic carbocycles. The van der Waals surface area contributed by atoms with Gasteiger partial charge in [-0.1, -0.05) is 12.1 Å². The van der Waals surface area contributed by atoms with Crippen LogP contribution in [0.1, 0.15) is 18.9 Å². The molecule has 1 amide bonds. The molecule has 0 saturated carbocycles. The topological polar surface area (TPSA) is 44.8 Å². The molecule has 2 unspecified atom stereocenters. The van der Waals surface area contributed by atoms with Crippen molar-refractivity contribution in [2.45, 2.75) is 25.8 Å². The minimum Gasteiger partial charge on any atom is -0.379 e. The largest absolute Gasteiger partial charge is 0.379 e. The predicted octanol–water partition coefficient (Wildman–Crippen LogP) is 1.53. The van der Waals surface area contributed by atoms with E-state index in [9.17, 15) is 9.18 Å². The van der Waals surface area contributed by atoms with E-state index in [4.69, 9.17) is 4.74 Å². The lowest BCUT2D eigenvalue weighted by atomic mass is 10.1. The number of rotatable bonds is 7. The van der Waals surface area contributed by atoms with Crippen LogP contribution in [0.25, 0.3) is 0 Å². The highest BCUT2D eigenvalue weighted by atomic mass is 19.1. The maximum Gasteiger partial charge on any atom is 0.237 e. The normalized spacial score (nSPS) is 23.1. The van der Waals surface area contributed by atoms with Crippen molar-refractivity contribution in [2.24, 2.45) is 5.92 Å². The highest BCUT2D eigenvalue weighted by Gasteiger charge is 2.30. The number of halogens is 1. The van der Waals surface area contributed by atoms with Gasteiger partial charge in [0.15, 0.2) is 0 Å². The Morgan fingerprint density at radius 3 is 2.73 bits per heavy atom. The van der Waals surface area contributed by atoms with Crippen LogP contribution < -0.4 is 5.32 Å². The molecule has 1 N–H and O–H groups in total. The fraction of sp³-hybridized carbons (Fsp3) is 0.650. The van der Waals surface area contributed by atoms with Gasteiger partial charge in [0, 0.05) is 32.7 Å². The Labute approximate surface area is 155 Å². The number of carbonyl (C=O) groups is 1. The van der Waals surface area contributed by atoms with Crippen LogP contribution in [0.2, 0.25) is 0 Å². The summed E-state index contributed by atoms with van der Waals surface area (Å²) in [6.07, 6.45) is 1.88. The molecule has 1 aromatic rings. The van der Waals surface area contributed by atoms with Crippen molar-refractivity contribution in [1.29, 1.82) is 0 Å². The van der Waals surface area contributed by atoms with Crippen molar-refractivity contribution in [3.63, 3.8) is 0 Å². The van der Waals surface area contributed by atoms with Crippen molar-refractivity contribution in [3.8, 4) is 0 Å². The Morgan fingerprint density at radius 1 is 1.27 bits per heavy atom. The number of nitrogens with zero attached hydrogens (tertiary/aromatic N) is 2. The zero-order valence-electron chi connectivity index (χ0n) is 15.6. The van der Waals surface area contributed by atoms with E-state index in [2.05, 4.69) is 15.1 Å². The zero-order chi connectivity index (χ0) is 18.4. The molecule has 2 atom stereocenters. The van der Waals surface area contributed by atoms with Gasteiger partial charge in [-0.05, 0) is 49.9 Å². The van der Waals surface area contributed by atoms with E-state index in [0.717, 1.165) is 64.3 Å². The number of likely N-dealkylation sites (tertiary alicyclic amines) is 1. The number of benzene rings is 1. The van der Waals surface area contributed by atoms with Crippen molar-refractivity contribution in [3.05, 3.63) is 35.6 Å². The lowest BCUT2D eigenvalue weighted by molar-refractivity contribution is -0.125. The van der Waals surface area contributed by atoms with Gasteiger partial charge in [-0.15, -0.1) is 0 Å². The van der Waals surface area contributed by atoms with Gasteiger partial charge in [0.1, 0.15) is 5.82 Å². The zero-order valence-corrected chi connectivity index (χ0v) is 15.6. The summed E-state index contributed by atoms with van der Waals surface area (Å²) < 4.78 is 18.3. The highest BCUT2D eigenvalue weighted by molar-refractivity contribution is 5.81. The van der Waals surface area contributed by atoms with Crippen LogP contribution >= 0.6 is 0 Å². The average molecular weight is 363 g/mol. The van der Waals surface area contributed by atoms with Crippen molar-refractivity contribution in [1.82, 2.24) is 15.1 Å². The number of amides is 1. The number of ether oxygens (including phenoxy) is 1. The molecular formula is C20H30FN3O2. The quantitative estimate of drug-likeness (QED) is 0.798. The molecule has 0 spiro atoms. The first-order valence-electron chi connectivity index (χ1n) is 9.68. The molecule has 2 fully saturated rings. The van der Waals surface area contributed by atoms with E-state index >= 15 is 0 Å². The molecule has 0 aromatic heterocycles. The van der Waals surface area contributed by atoms with Gasteiger partial charge in [-0.25, -0.2) is 4.39 Å². The van der Waals surface area contributed by atoms with Crippen LogP contribution in [0.4, 0.5) is 4.39 Å². The van der Waals surface area contributed by atoms with Crippen LogP contribution in [0, 0.1) is 11.7 Å². The minimum absolute atomic E-state index is 0.0825. The van der Waals surface area contributed by atoms with Crippen molar-refractivity contribution in [2.75, 3.05) is 52.5 Å². The summed E-state index contributed by atoms with van der Waals surface area (Å²) in [7, 11) is 0. The smallest absolute Gasteiger partial charge is 0.237 e. The molecule has 0 radical (unpaired) electrons. The van der Waals surface area contributed by atoms with E-state index in [1.54, 1.807) is 12.1 Å². The summed E-state index contributed by atoms with van der Waals surface area (Å²) in [6, 6.07) is 6.35. The Morgan fingerprint density at radius 2 is 2.00 bits per heavy atom. The first-order chi connectivity index (χ1) is 12.6. The Bertz CT molecular complexity index is 575. The molecule has 6 heteroatoms. The molecule has 2 heterocycles. The van der Waals surface area contributed by atoms with Gasteiger partial charge in [-0.3, -0.25) is 14.6 Å². The average Bonchev–Trinajstić information content (AvgIpc) is 3.12. The molecule has 26 heavy (non-hydrogen) atoms. The summed E-state index contributed by atoms with van der Waals surface area (Å²) >= 11 is 0. The predicted molar refractivity (Wildman–Crippen MR) is 99.5 cm³/mol. The van der Waals surface area contributed by atoms with E-state index in [0.29, 0.717) is 12.5 Å². The second-order valence-electron chi connectivity index (χ2n) is 7.41. The van der Waals surface area contributed by atoms with Gasteiger partial charge < -0.3 is 10.1 Å². The molecule has 3 rings (SSSR count). The molecule has 0 bridgehead atoms. The van der Waals surface area contributed by atoms with Crippen LogP contribution in [0.3, 0.4) is 0 Å². The number of morpholine rings is 1. The fourth-order valence-electron chi connectivity index (χ4n) is 3.81. The molecule has 144 valence electrons. The molecule has 5 nitrogen and oxygen atoms in total. The summed E-state index contributed by atoms with van der Waals surface area (Å²) in [5.74, 6) is 0.494. The third-order valence-corrected chi connectivity index (χ3v) is 5.49. The number of hydrogen-bond donors (Lipinski definition) is 1. The summed E-state index contributed by atoms with van der Waals surface area (Å²) in [4.78, 5) is 17.2. The Balaban J connectivity index is 1.37. The molecular weight excluding hydrogens is 333 g/mol. The maximum absolute atomic E-state index is 12.9. The Hall–Kier alpha value is -1.50. The van der Waals surface area contributed by atoms with Crippen LogP contribution in [0.5, 0.6) is 0 Å². The first-order valence-corrected chi connectivity index (χ1v) is 9.68. The van der Waals surface area contributed by atoms with Crippen molar-refractivity contribution < 1.29 is 13.9 Å². The van der Waals surface area contributed by atoms with Gasteiger partial charge in [-0.2, -0.15) is 0 Å². The van der Waals surface area contributed by atoms with Gasteiger partial charge in [0.05, 0.1) is 19.3 Å². The monoisotopic (exact) mass is 363 g/mol. The number of carbonyl (C=O) groups excluding carboxylic acids is 1. The Kier molecular flexibility index (Phi) is 7.00. The van der Waals surface area contributed by atoms with Crippen LogP contribution in [0.15, 0.2) is 24.3 Å². The minimum atomic E-state index is -0.230. The molecule has 1 aromatic carbocycles. The number of nitrogens with one attached hydrogen (secondary N) is 1. The maximum atomic E-state index is 12.9. The van der Waals surface area contributed by atoms with E-state index in [1.807, 2.05) is 6.92 Å². The second kappa shape index (κ2) is 9.44. The third-order valence-electron chi connectivity index (χ3n) is 5.49. The van der Waals surface area contributed by atoms with E-state index < -0.39 is 0 Å². The lowest BCUT2D eigenvalue weighted by Gasteiger charge is -2.29. The van der Waals surface area contributed by atoms with Crippen LogP contribution in [-0.4, -0.2) is 74.2 Å². The SMILES string of the molecule is CC(C(=O)NCCc1ccc(F)cc1)N1CCC(CN2CCOCC2)C1. The molecule has 2 saturated heterocycles. The standard InChI is InChI=1S/C20H30FN3O2/c1-16(20(25)22-8-6-17-2-4-19(21)5-3-17)24-9-7-18(15-24)14-23-10-12-26-13-11-23/h2-5,16,18H,6-15H2,1H3,(H,22,25). The highest BCUT2D eigenvalue weighted by Crippen LogP contribution is 2.20. The molecule has 2 aliphatic rings. The summed E-state index contributed by atoms with van der Waals surface area (Å²) in [5, 5.41) is 3.02. The fourth-order valence-corrected chi connectivity index (χ4v) is 3.81. The summed E-state index contributed by atoms with van der Waals surface area (Å²) in [6.45, 7) is 9.38. The third kappa shape index (κ3) is 5.50. The number of hydrogen-bond acceptors (Lipinski definition) is 4. The molecule has 2 aliphatic heterocycles. The van der Waals surface area contributed by atoms with Gasteiger partial charge in [0.25, 0.3) is 0 Å². The van der Waals surface area contributed by atoms with Gasteiger partial charge >= 0.3 is 0 Å². The van der Waals surface area contributed by atoms with E-state index in [-0.39, 0.29) is 17.8 Å². The van der Waals surface area contributed by atoms with Gasteiger partial charge in [0.2, 0.25) is 5.91 Å². The summed E-state index contributed by atoms with van der Waals surface area (Å²) in [5.41, 5.74) is 1.03. The first kappa shape index (κ1) is 19.3. The second-order valence-corrected chi connectivity index (χ2v) is 7.41. The van der Waals surface area contributed by atoms with E-state index in [1.165, 1.54) is 12.1 Å². The van der Waals surface area contributed by atoms with Crippen LogP contribution in [-0.2, 0) is 16.0 Å².